The Balaban J connectivity index is 2.01. The number of halogens is 1. The van der Waals surface area contributed by atoms with Crippen molar-refractivity contribution in [1.29, 1.82) is 0 Å². The number of aliphatic hydroxyl groups is 1. The van der Waals surface area contributed by atoms with Gasteiger partial charge < -0.3 is 5.11 Å². The van der Waals surface area contributed by atoms with Crippen molar-refractivity contribution >= 4 is 11.6 Å². The van der Waals surface area contributed by atoms with Crippen LogP contribution < -0.4 is 0 Å². The van der Waals surface area contributed by atoms with Crippen LogP contribution in [0.5, 0.6) is 0 Å². The molecule has 0 aliphatic heterocycles. The fourth-order valence-electron chi connectivity index (χ4n) is 2.98. The molecule has 0 radical (unpaired) electrons. The maximum atomic E-state index is 10.8. The lowest BCUT2D eigenvalue weighted by Gasteiger charge is -2.34. The lowest BCUT2D eigenvalue weighted by molar-refractivity contribution is 0.00402. The summed E-state index contributed by atoms with van der Waals surface area (Å²) in [6, 6.07) is 7.95. The minimum Gasteiger partial charge on any atom is -0.390 e. The summed E-state index contributed by atoms with van der Waals surface area (Å²) >= 11 is 6.05. The van der Waals surface area contributed by atoms with Crippen LogP contribution in [-0.2, 0) is 6.42 Å². The van der Waals surface area contributed by atoms with Crippen LogP contribution in [0, 0.1) is 11.3 Å². The number of benzene rings is 1. The van der Waals surface area contributed by atoms with E-state index in [2.05, 4.69) is 43.8 Å². The maximum absolute atomic E-state index is 10.8. The molecule has 0 spiro atoms. The fourth-order valence-corrected chi connectivity index (χ4v) is 3.20. The molecule has 4 nitrogen and oxygen atoms in total. The molecule has 0 bridgehead atoms. The highest BCUT2D eigenvalue weighted by atomic mass is 35.5. The standard InChI is InChI=1S/C19H28ClN3O/c1-14(8-9-15-6-5-7-16(20)11-15)10-17(18(24)19(2,3)4)23-13-21-12-22-23/h5-7,11-14,17-18,24H,8-10H2,1-4H3. The van der Waals surface area contributed by atoms with Gasteiger partial charge in [-0.25, -0.2) is 9.67 Å². The van der Waals surface area contributed by atoms with Gasteiger partial charge in [-0.1, -0.05) is 51.4 Å². The van der Waals surface area contributed by atoms with E-state index in [9.17, 15) is 5.11 Å². The van der Waals surface area contributed by atoms with E-state index in [1.54, 1.807) is 11.0 Å². The normalized spacial score (nSPS) is 15.9. The largest absolute Gasteiger partial charge is 0.390 e. The number of aromatic nitrogens is 3. The second-order valence-corrected chi connectivity index (χ2v) is 8.20. The third kappa shape index (κ3) is 5.32. The van der Waals surface area contributed by atoms with E-state index in [0.29, 0.717) is 5.92 Å². The molecular weight excluding hydrogens is 322 g/mol. The van der Waals surface area contributed by atoms with Crippen molar-refractivity contribution in [2.75, 3.05) is 0 Å². The van der Waals surface area contributed by atoms with E-state index >= 15 is 0 Å². The van der Waals surface area contributed by atoms with Gasteiger partial charge in [-0.15, -0.1) is 0 Å². The molecule has 132 valence electrons. The highest BCUT2D eigenvalue weighted by molar-refractivity contribution is 6.30. The van der Waals surface area contributed by atoms with Crippen LogP contribution in [-0.4, -0.2) is 26.0 Å². The Morgan fingerprint density at radius 1 is 1.29 bits per heavy atom. The molecule has 5 heteroatoms. The summed E-state index contributed by atoms with van der Waals surface area (Å²) in [4.78, 5) is 4.04. The molecule has 24 heavy (non-hydrogen) atoms. The number of aryl methyl sites for hydroxylation is 1. The molecule has 3 atom stereocenters. The summed E-state index contributed by atoms with van der Waals surface area (Å²) in [7, 11) is 0. The highest BCUT2D eigenvalue weighted by Gasteiger charge is 2.33. The first-order chi connectivity index (χ1) is 11.3. The van der Waals surface area contributed by atoms with Crippen molar-refractivity contribution in [3.8, 4) is 0 Å². The smallest absolute Gasteiger partial charge is 0.137 e. The van der Waals surface area contributed by atoms with E-state index in [0.717, 1.165) is 24.3 Å². The van der Waals surface area contributed by atoms with Gasteiger partial charge in [0.05, 0.1) is 12.1 Å². The van der Waals surface area contributed by atoms with E-state index in [-0.39, 0.29) is 11.5 Å². The van der Waals surface area contributed by atoms with Crippen LogP contribution in [0.15, 0.2) is 36.9 Å². The van der Waals surface area contributed by atoms with Gasteiger partial charge in [0.1, 0.15) is 12.7 Å². The van der Waals surface area contributed by atoms with Crippen LogP contribution >= 0.6 is 11.6 Å². The number of rotatable bonds is 7. The van der Waals surface area contributed by atoms with Crippen molar-refractivity contribution in [3.05, 3.63) is 47.5 Å². The third-order valence-corrected chi connectivity index (χ3v) is 4.72. The summed E-state index contributed by atoms with van der Waals surface area (Å²) in [5.74, 6) is 0.454. The average molecular weight is 350 g/mol. The summed E-state index contributed by atoms with van der Waals surface area (Å²) < 4.78 is 1.80. The van der Waals surface area contributed by atoms with Gasteiger partial charge in [0.25, 0.3) is 0 Å². The van der Waals surface area contributed by atoms with Gasteiger partial charge in [0.15, 0.2) is 0 Å². The summed E-state index contributed by atoms with van der Waals surface area (Å²) in [5.41, 5.74) is 1.05. The molecular formula is C19H28ClN3O. The lowest BCUT2D eigenvalue weighted by atomic mass is 9.81. The molecule has 1 aromatic carbocycles. The first kappa shape index (κ1) is 18.9. The van der Waals surface area contributed by atoms with Gasteiger partial charge in [-0.3, -0.25) is 0 Å². The molecule has 2 rings (SSSR count). The predicted molar refractivity (Wildman–Crippen MR) is 98.1 cm³/mol. The summed E-state index contributed by atoms with van der Waals surface area (Å²) in [6.07, 6.45) is 5.64. The van der Waals surface area contributed by atoms with Gasteiger partial charge in [-0.2, -0.15) is 5.10 Å². The Hall–Kier alpha value is -1.39. The van der Waals surface area contributed by atoms with Crippen molar-refractivity contribution in [2.24, 2.45) is 11.3 Å². The molecule has 2 aromatic rings. The Morgan fingerprint density at radius 2 is 2.04 bits per heavy atom. The van der Waals surface area contributed by atoms with Gasteiger partial charge in [0, 0.05) is 5.02 Å². The van der Waals surface area contributed by atoms with E-state index < -0.39 is 6.10 Å². The highest BCUT2D eigenvalue weighted by Crippen LogP contribution is 2.33. The van der Waals surface area contributed by atoms with Crippen LogP contribution in [0.1, 0.15) is 52.1 Å². The monoisotopic (exact) mass is 349 g/mol. The van der Waals surface area contributed by atoms with E-state index in [4.69, 9.17) is 11.6 Å². The van der Waals surface area contributed by atoms with E-state index in [1.165, 1.54) is 11.9 Å². The maximum Gasteiger partial charge on any atom is 0.137 e. The zero-order chi connectivity index (χ0) is 17.7. The Kier molecular flexibility index (Phi) is 6.41. The Labute approximate surface area is 149 Å². The fraction of sp³-hybridized carbons (Fsp3) is 0.579. The minimum absolute atomic E-state index is 0.0677. The van der Waals surface area contributed by atoms with Crippen molar-refractivity contribution in [3.63, 3.8) is 0 Å². The van der Waals surface area contributed by atoms with Crippen LogP contribution in [0.25, 0.3) is 0 Å². The minimum atomic E-state index is -0.479. The second-order valence-electron chi connectivity index (χ2n) is 7.76. The SMILES string of the molecule is CC(CCc1cccc(Cl)c1)CC(C(O)C(C)(C)C)n1cncn1. The number of hydrogen-bond donors (Lipinski definition) is 1. The first-order valence-electron chi connectivity index (χ1n) is 8.54. The second kappa shape index (κ2) is 8.13. The number of aliphatic hydroxyl groups excluding tert-OH is 1. The first-order valence-corrected chi connectivity index (χ1v) is 8.92. The third-order valence-electron chi connectivity index (χ3n) is 4.49. The van der Waals surface area contributed by atoms with Gasteiger partial charge >= 0.3 is 0 Å². The molecule has 0 aliphatic rings. The van der Waals surface area contributed by atoms with Gasteiger partial charge in [-0.05, 0) is 48.3 Å². The molecule has 0 aliphatic carbocycles. The van der Waals surface area contributed by atoms with Crippen molar-refractivity contribution in [2.45, 2.75) is 59.1 Å². The van der Waals surface area contributed by atoms with E-state index in [1.807, 2.05) is 18.2 Å². The number of nitrogens with zero attached hydrogens (tertiary/aromatic N) is 3. The molecule has 1 aromatic heterocycles. The van der Waals surface area contributed by atoms with Crippen LogP contribution in [0.3, 0.4) is 0 Å². The molecule has 0 amide bonds. The number of hydrogen-bond acceptors (Lipinski definition) is 3. The molecule has 0 saturated carbocycles. The van der Waals surface area contributed by atoms with Crippen molar-refractivity contribution in [1.82, 2.24) is 14.8 Å². The zero-order valence-electron chi connectivity index (χ0n) is 15.0. The molecule has 0 fully saturated rings. The summed E-state index contributed by atoms with van der Waals surface area (Å²) in [6.45, 7) is 8.39. The summed E-state index contributed by atoms with van der Waals surface area (Å²) in [5, 5.41) is 15.8. The zero-order valence-corrected chi connectivity index (χ0v) is 15.7. The molecule has 3 unspecified atom stereocenters. The molecule has 0 saturated heterocycles. The van der Waals surface area contributed by atoms with Crippen molar-refractivity contribution < 1.29 is 5.11 Å². The molecule has 1 heterocycles. The topological polar surface area (TPSA) is 50.9 Å². The Morgan fingerprint density at radius 3 is 2.62 bits per heavy atom. The lowest BCUT2D eigenvalue weighted by Crippen LogP contribution is -2.36. The quantitative estimate of drug-likeness (QED) is 0.798. The van der Waals surface area contributed by atoms with Gasteiger partial charge in [0.2, 0.25) is 0 Å². The average Bonchev–Trinajstić information content (AvgIpc) is 3.03. The van der Waals surface area contributed by atoms with Crippen LogP contribution in [0.4, 0.5) is 0 Å². The van der Waals surface area contributed by atoms with Crippen LogP contribution in [0.2, 0.25) is 5.02 Å². The molecule has 1 N–H and O–H groups in total. The Bertz CT molecular complexity index is 622. The predicted octanol–water partition coefficient (Wildman–Crippen LogP) is 4.54.